The molecule has 2 N–H and O–H groups in total. The van der Waals surface area contributed by atoms with Gasteiger partial charge in [0.25, 0.3) is 10.0 Å². The predicted molar refractivity (Wildman–Crippen MR) is 88.0 cm³/mol. The minimum absolute atomic E-state index is 0.0910. The second kappa shape index (κ2) is 6.93. The number of fused-ring (bicyclic) bond motifs is 1. The summed E-state index contributed by atoms with van der Waals surface area (Å²) in [5.74, 6) is 1.58. The van der Waals surface area contributed by atoms with E-state index in [0.717, 1.165) is 0 Å². The molecule has 9 heteroatoms. The Morgan fingerprint density at radius 1 is 1.21 bits per heavy atom. The zero-order valence-electron chi connectivity index (χ0n) is 13.0. The Morgan fingerprint density at radius 3 is 2.79 bits per heavy atom. The fourth-order valence-electron chi connectivity index (χ4n) is 2.10. The summed E-state index contributed by atoms with van der Waals surface area (Å²) in [5.41, 5.74) is 0.366. The molecule has 2 heterocycles. The van der Waals surface area contributed by atoms with Crippen molar-refractivity contribution >= 4 is 21.5 Å². The van der Waals surface area contributed by atoms with Crippen LogP contribution in [0, 0.1) is 0 Å². The van der Waals surface area contributed by atoms with Crippen LogP contribution in [-0.2, 0) is 14.8 Å². The number of nitrogens with one attached hydrogen (secondary N) is 2. The molecule has 128 valence electrons. The minimum atomic E-state index is -3.73. The third kappa shape index (κ3) is 3.69. The van der Waals surface area contributed by atoms with E-state index in [-0.39, 0.29) is 11.7 Å². The normalized spacial score (nSPS) is 12.9. The largest absolute Gasteiger partial charge is 0.454 e. The van der Waals surface area contributed by atoms with Crippen molar-refractivity contribution in [3.05, 3.63) is 36.5 Å². The third-order valence-corrected chi connectivity index (χ3v) is 4.66. The number of nitrogens with zero attached hydrogens (tertiary/aromatic N) is 1. The van der Waals surface area contributed by atoms with E-state index < -0.39 is 10.0 Å². The monoisotopic (exact) mass is 351 g/mol. The molecule has 2 aromatic rings. The minimum Gasteiger partial charge on any atom is -0.454 e. The molecule has 1 aromatic heterocycles. The van der Waals surface area contributed by atoms with Gasteiger partial charge < -0.3 is 19.5 Å². The highest BCUT2D eigenvalue weighted by molar-refractivity contribution is 7.92. The number of hydrogen-bond acceptors (Lipinski definition) is 7. The van der Waals surface area contributed by atoms with Gasteiger partial charge >= 0.3 is 0 Å². The summed E-state index contributed by atoms with van der Waals surface area (Å²) < 4.78 is 42.6. The Morgan fingerprint density at radius 2 is 2.04 bits per heavy atom. The molecular formula is C15H17N3O5S. The Balaban J connectivity index is 1.70. The molecule has 0 spiro atoms. The maximum absolute atomic E-state index is 12.4. The van der Waals surface area contributed by atoms with Gasteiger partial charge in [-0.25, -0.2) is 13.4 Å². The van der Waals surface area contributed by atoms with Gasteiger partial charge in [-0.1, -0.05) is 0 Å². The van der Waals surface area contributed by atoms with Crippen LogP contribution >= 0.6 is 0 Å². The van der Waals surface area contributed by atoms with Gasteiger partial charge in [0, 0.05) is 19.7 Å². The molecule has 8 nitrogen and oxygen atoms in total. The number of sulfonamides is 1. The Kier molecular flexibility index (Phi) is 4.72. The van der Waals surface area contributed by atoms with Crippen LogP contribution in [0.2, 0.25) is 0 Å². The molecule has 3 rings (SSSR count). The van der Waals surface area contributed by atoms with Crippen LogP contribution in [0.15, 0.2) is 41.4 Å². The van der Waals surface area contributed by atoms with E-state index in [1.807, 2.05) is 0 Å². The maximum atomic E-state index is 12.4. The summed E-state index contributed by atoms with van der Waals surface area (Å²) in [5, 5.41) is 3.05. The smallest absolute Gasteiger partial charge is 0.262 e. The lowest BCUT2D eigenvalue weighted by Crippen LogP contribution is -2.13. The van der Waals surface area contributed by atoms with Crippen molar-refractivity contribution < 1.29 is 22.6 Å². The van der Waals surface area contributed by atoms with Crippen LogP contribution in [0.4, 0.5) is 11.5 Å². The molecule has 0 amide bonds. The van der Waals surface area contributed by atoms with Gasteiger partial charge in [0.05, 0.1) is 23.4 Å². The van der Waals surface area contributed by atoms with Crippen LogP contribution in [0.5, 0.6) is 11.5 Å². The fourth-order valence-corrected chi connectivity index (χ4v) is 3.16. The molecule has 0 bridgehead atoms. The van der Waals surface area contributed by atoms with Crippen molar-refractivity contribution in [3.8, 4) is 11.5 Å². The van der Waals surface area contributed by atoms with E-state index in [1.54, 1.807) is 25.3 Å². The first kappa shape index (κ1) is 16.3. The molecule has 24 heavy (non-hydrogen) atoms. The molecule has 1 aliphatic rings. The average Bonchev–Trinajstić information content (AvgIpc) is 3.04. The van der Waals surface area contributed by atoms with E-state index in [4.69, 9.17) is 14.2 Å². The zero-order valence-corrected chi connectivity index (χ0v) is 13.8. The molecule has 0 radical (unpaired) electrons. The molecule has 0 saturated carbocycles. The molecule has 0 atom stereocenters. The highest BCUT2D eigenvalue weighted by atomic mass is 32.2. The first-order chi connectivity index (χ1) is 11.6. The summed E-state index contributed by atoms with van der Waals surface area (Å²) in [6.45, 7) is 1.26. The number of pyridine rings is 1. The van der Waals surface area contributed by atoms with Crippen molar-refractivity contribution in [1.82, 2.24) is 4.98 Å². The first-order valence-corrected chi connectivity index (χ1v) is 8.68. The van der Waals surface area contributed by atoms with E-state index >= 15 is 0 Å². The Bertz CT molecular complexity index is 808. The highest BCUT2D eigenvalue weighted by Gasteiger charge is 2.20. The lowest BCUT2D eigenvalue weighted by molar-refractivity contribution is 0.174. The topological polar surface area (TPSA) is 98.8 Å². The van der Waals surface area contributed by atoms with Crippen molar-refractivity contribution in [2.75, 3.05) is 37.1 Å². The summed E-state index contributed by atoms with van der Waals surface area (Å²) in [4.78, 5) is 4.24. The van der Waals surface area contributed by atoms with E-state index in [9.17, 15) is 8.42 Å². The first-order valence-electron chi connectivity index (χ1n) is 7.20. The van der Waals surface area contributed by atoms with Crippen molar-refractivity contribution in [3.63, 3.8) is 0 Å². The maximum Gasteiger partial charge on any atom is 0.262 e. The van der Waals surface area contributed by atoms with Crippen molar-refractivity contribution in [2.24, 2.45) is 0 Å². The fraction of sp³-hybridized carbons (Fsp3) is 0.267. The molecule has 0 saturated heterocycles. The summed E-state index contributed by atoms with van der Waals surface area (Å²) in [6.07, 6.45) is 1.44. The van der Waals surface area contributed by atoms with Crippen LogP contribution in [0.3, 0.4) is 0 Å². The van der Waals surface area contributed by atoms with Crippen LogP contribution in [-0.4, -0.2) is 40.5 Å². The van der Waals surface area contributed by atoms with Crippen LogP contribution in [0.1, 0.15) is 0 Å². The number of aromatic nitrogens is 1. The van der Waals surface area contributed by atoms with Gasteiger partial charge in [0.2, 0.25) is 6.79 Å². The molecule has 0 unspecified atom stereocenters. The van der Waals surface area contributed by atoms with Gasteiger partial charge in [-0.2, -0.15) is 0 Å². The Hall–Kier alpha value is -2.52. The Labute approximate surface area is 139 Å². The van der Waals surface area contributed by atoms with Crippen LogP contribution < -0.4 is 19.5 Å². The average molecular weight is 351 g/mol. The summed E-state index contributed by atoms with van der Waals surface area (Å²) >= 11 is 0. The number of hydrogen-bond donors (Lipinski definition) is 2. The van der Waals surface area contributed by atoms with Gasteiger partial charge in [-0.15, -0.1) is 0 Å². The second-order valence-corrected chi connectivity index (χ2v) is 6.65. The SMILES string of the molecule is COCCNc1ccc(NS(=O)(=O)c2ccc3c(c2)OCO3)cn1. The molecule has 1 aromatic carbocycles. The number of ether oxygens (including phenoxy) is 3. The molecular weight excluding hydrogens is 334 g/mol. The van der Waals surface area contributed by atoms with E-state index in [1.165, 1.54) is 18.3 Å². The molecule has 0 aliphatic carbocycles. The highest BCUT2D eigenvalue weighted by Crippen LogP contribution is 2.34. The summed E-state index contributed by atoms with van der Waals surface area (Å²) in [7, 11) is -2.12. The lowest BCUT2D eigenvalue weighted by atomic mass is 10.3. The third-order valence-electron chi connectivity index (χ3n) is 3.28. The summed E-state index contributed by atoms with van der Waals surface area (Å²) in [6, 6.07) is 7.78. The number of rotatable bonds is 7. The van der Waals surface area contributed by atoms with Gasteiger partial charge in [0.1, 0.15) is 5.82 Å². The number of benzene rings is 1. The predicted octanol–water partition coefficient (Wildman–Crippen LogP) is 1.67. The van der Waals surface area contributed by atoms with E-state index in [2.05, 4.69) is 15.0 Å². The second-order valence-electron chi connectivity index (χ2n) is 4.97. The van der Waals surface area contributed by atoms with Gasteiger partial charge in [0.15, 0.2) is 11.5 Å². The number of methoxy groups -OCH3 is 1. The lowest BCUT2D eigenvalue weighted by Gasteiger charge is -2.09. The van der Waals surface area contributed by atoms with Crippen molar-refractivity contribution in [2.45, 2.75) is 4.90 Å². The van der Waals surface area contributed by atoms with Crippen molar-refractivity contribution in [1.29, 1.82) is 0 Å². The zero-order chi connectivity index (χ0) is 17.0. The quantitative estimate of drug-likeness (QED) is 0.732. The van der Waals surface area contributed by atoms with Gasteiger partial charge in [-0.05, 0) is 24.3 Å². The standard InChI is InChI=1S/C15H17N3O5S/c1-21-7-6-16-15-5-2-11(9-17-15)18-24(19,20)12-3-4-13-14(8-12)23-10-22-13/h2-5,8-9,18H,6-7,10H2,1H3,(H,16,17). The molecule has 1 aliphatic heterocycles. The molecule has 0 fully saturated rings. The van der Waals surface area contributed by atoms with E-state index in [0.29, 0.717) is 36.2 Å². The number of anilines is 2. The van der Waals surface area contributed by atoms with Gasteiger partial charge in [-0.3, -0.25) is 4.72 Å². The van der Waals surface area contributed by atoms with Crippen LogP contribution in [0.25, 0.3) is 0 Å².